The van der Waals surface area contributed by atoms with Gasteiger partial charge in [0.2, 0.25) is 0 Å². The van der Waals surface area contributed by atoms with Gasteiger partial charge in [-0.1, -0.05) is 42.5 Å². The molecule has 3 aromatic rings. The van der Waals surface area contributed by atoms with Crippen LogP contribution in [0.4, 0.5) is 5.69 Å². The van der Waals surface area contributed by atoms with Gasteiger partial charge in [0.15, 0.2) is 0 Å². The smallest absolute Gasteiger partial charge is 0.256 e. The van der Waals surface area contributed by atoms with E-state index in [1.54, 1.807) is 0 Å². The molecule has 1 saturated heterocycles. The Labute approximate surface area is 182 Å². The fourth-order valence-electron chi connectivity index (χ4n) is 5.64. The van der Waals surface area contributed by atoms with Gasteiger partial charge in [-0.05, 0) is 42.6 Å². The molecule has 31 heavy (non-hydrogen) atoms. The van der Waals surface area contributed by atoms with Crippen molar-refractivity contribution >= 4 is 22.5 Å². The van der Waals surface area contributed by atoms with Gasteiger partial charge in [0.05, 0.1) is 17.3 Å². The maximum absolute atomic E-state index is 13.5. The first-order valence-corrected chi connectivity index (χ1v) is 11.3. The number of amides is 1. The molecule has 158 valence electrons. The lowest BCUT2D eigenvalue weighted by atomic mass is 9.76. The van der Waals surface area contributed by atoms with Crippen molar-refractivity contribution in [1.29, 1.82) is 0 Å². The molecule has 1 aromatic heterocycles. The summed E-state index contributed by atoms with van der Waals surface area (Å²) in [7, 11) is 2.12. The number of rotatable bonds is 2. The van der Waals surface area contributed by atoms with Crippen molar-refractivity contribution < 1.29 is 4.79 Å². The summed E-state index contributed by atoms with van der Waals surface area (Å²) in [6.45, 7) is 3.44. The molecule has 5 nitrogen and oxygen atoms in total. The largest absolute Gasteiger partial charge is 0.377 e. The molecule has 0 bridgehead atoms. The van der Waals surface area contributed by atoms with Crippen molar-refractivity contribution in [1.82, 2.24) is 14.8 Å². The summed E-state index contributed by atoms with van der Waals surface area (Å²) < 4.78 is 0. The fraction of sp³-hybridized carbons (Fsp3) is 0.346. The van der Waals surface area contributed by atoms with Crippen molar-refractivity contribution in [3.63, 3.8) is 0 Å². The van der Waals surface area contributed by atoms with E-state index in [9.17, 15) is 4.79 Å². The van der Waals surface area contributed by atoms with Crippen LogP contribution in [0.3, 0.4) is 0 Å². The van der Waals surface area contributed by atoms with E-state index in [0.717, 1.165) is 49.4 Å². The molecule has 3 heterocycles. The lowest BCUT2D eigenvalue weighted by Crippen LogP contribution is -2.47. The van der Waals surface area contributed by atoms with E-state index in [1.165, 1.54) is 16.5 Å². The van der Waals surface area contributed by atoms with Crippen LogP contribution in [0.15, 0.2) is 60.8 Å². The highest BCUT2D eigenvalue weighted by Crippen LogP contribution is 2.51. The molecule has 1 aliphatic carbocycles. The molecule has 5 heteroatoms. The van der Waals surface area contributed by atoms with Gasteiger partial charge >= 0.3 is 0 Å². The van der Waals surface area contributed by atoms with Crippen molar-refractivity contribution in [2.75, 3.05) is 38.5 Å². The number of allylic oxidation sites excluding steroid dienone is 2. The second-order valence-corrected chi connectivity index (χ2v) is 9.13. The molecule has 0 saturated carbocycles. The molecule has 1 fully saturated rings. The number of para-hydroxylation sites is 2. The number of aromatic nitrogens is 1. The van der Waals surface area contributed by atoms with Crippen LogP contribution >= 0.6 is 0 Å². The van der Waals surface area contributed by atoms with Crippen molar-refractivity contribution in [2.45, 2.75) is 18.4 Å². The van der Waals surface area contributed by atoms with Crippen LogP contribution in [0.2, 0.25) is 0 Å². The van der Waals surface area contributed by atoms with Gasteiger partial charge in [0, 0.05) is 49.2 Å². The van der Waals surface area contributed by atoms with E-state index in [4.69, 9.17) is 0 Å². The third kappa shape index (κ3) is 2.99. The SMILES string of the molecule is CN1CCN(C(=O)c2cccc3c2NC(c2c[nH]c4ccccc24)C2CC=CC32)CC1. The van der Waals surface area contributed by atoms with Gasteiger partial charge in [0.1, 0.15) is 0 Å². The number of carbonyl (C=O) groups is 1. The first-order valence-electron chi connectivity index (χ1n) is 11.3. The number of anilines is 1. The lowest BCUT2D eigenvalue weighted by molar-refractivity contribution is 0.0664. The van der Waals surface area contributed by atoms with Crippen LogP contribution in [0.25, 0.3) is 10.9 Å². The third-order valence-electron chi connectivity index (χ3n) is 7.37. The van der Waals surface area contributed by atoms with E-state index in [0.29, 0.717) is 11.8 Å². The van der Waals surface area contributed by atoms with E-state index in [1.807, 2.05) is 11.0 Å². The number of nitrogens with one attached hydrogen (secondary N) is 2. The van der Waals surface area contributed by atoms with Crippen LogP contribution < -0.4 is 5.32 Å². The topological polar surface area (TPSA) is 51.4 Å². The number of nitrogens with zero attached hydrogens (tertiary/aromatic N) is 2. The fourth-order valence-corrected chi connectivity index (χ4v) is 5.64. The Morgan fingerprint density at radius 3 is 2.71 bits per heavy atom. The minimum Gasteiger partial charge on any atom is -0.377 e. The third-order valence-corrected chi connectivity index (χ3v) is 7.37. The molecule has 2 aromatic carbocycles. The molecule has 0 radical (unpaired) electrons. The summed E-state index contributed by atoms with van der Waals surface area (Å²) in [5, 5.41) is 5.10. The Kier molecular flexibility index (Phi) is 4.39. The highest BCUT2D eigenvalue weighted by molar-refractivity contribution is 6.01. The number of aromatic amines is 1. The summed E-state index contributed by atoms with van der Waals surface area (Å²) in [5.41, 5.74) is 5.55. The first kappa shape index (κ1) is 18.7. The summed E-state index contributed by atoms with van der Waals surface area (Å²) >= 11 is 0. The Bertz CT molecular complexity index is 1170. The van der Waals surface area contributed by atoms with Crippen molar-refractivity contribution in [3.8, 4) is 0 Å². The molecule has 3 aliphatic rings. The normalized spacial score (nSPS) is 25.3. The standard InChI is InChI=1S/C26H28N4O/c1-29-12-14-30(15-13-29)26(31)21-10-5-9-19-17-7-4-8-20(17)25(28-24(19)21)22-16-27-23-11-3-2-6-18(22)23/h2-7,9-11,16-17,20,25,27-28H,8,12-15H2,1H3. The number of likely N-dealkylation sites (N-methyl/N-ethyl adjacent to an activating group) is 1. The van der Waals surface area contributed by atoms with Crippen LogP contribution in [0.1, 0.15) is 39.9 Å². The number of hydrogen-bond donors (Lipinski definition) is 2. The monoisotopic (exact) mass is 412 g/mol. The van der Waals surface area contributed by atoms with Crippen LogP contribution in [0, 0.1) is 5.92 Å². The molecule has 3 unspecified atom stereocenters. The number of hydrogen-bond acceptors (Lipinski definition) is 3. The maximum Gasteiger partial charge on any atom is 0.256 e. The number of H-pyrrole nitrogens is 1. The highest BCUT2D eigenvalue weighted by Gasteiger charge is 2.40. The highest BCUT2D eigenvalue weighted by atomic mass is 16.2. The zero-order valence-electron chi connectivity index (χ0n) is 17.8. The van der Waals surface area contributed by atoms with E-state index in [2.05, 4.69) is 77.0 Å². The summed E-state index contributed by atoms with van der Waals surface area (Å²) in [5.74, 6) is 0.950. The van der Waals surface area contributed by atoms with Crippen molar-refractivity contribution in [3.05, 3.63) is 77.5 Å². The van der Waals surface area contributed by atoms with Gasteiger partial charge in [-0.3, -0.25) is 4.79 Å². The minimum atomic E-state index is 0.149. The number of carbonyl (C=O) groups excluding carboxylic acids is 1. The van der Waals surface area contributed by atoms with E-state index in [-0.39, 0.29) is 11.9 Å². The first-order chi connectivity index (χ1) is 15.2. The molecular weight excluding hydrogens is 384 g/mol. The molecule has 0 spiro atoms. The van der Waals surface area contributed by atoms with E-state index >= 15 is 0 Å². The Balaban J connectivity index is 1.42. The van der Waals surface area contributed by atoms with Gasteiger partial charge in [-0.25, -0.2) is 0 Å². The zero-order chi connectivity index (χ0) is 20.9. The summed E-state index contributed by atoms with van der Waals surface area (Å²) in [4.78, 5) is 21.3. The van der Waals surface area contributed by atoms with E-state index < -0.39 is 0 Å². The molecule has 3 atom stereocenters. The Morgan fingerprint density at radius 1 is 1.00 bits per heavy atom. The predicted octanol–water partition coefficient (Wildman–Crippen LogP) is 4.38. The summed E-state index contributed by atoms with van der Waals surface area (Å²) in [6.07, 6.45) is 7.85. The Morgan fingerprint density at radius 2 is 1.84 bits per heavy atom. The van der Waals surface area contributed by atoms with Gasteiger partial charge < -0.3 is 20.1 Å². The molecule has 6 rings (SSSR count). The summed E-state index contributed by atoms with van der Waals surface area (Å²) in [6, 6.07) is 14.9. The van der Waals surface area contributed by atoms with Crippen LogP contribution in [0.5, 0.6) is 0 Å². The number of fused-ring (bicyclic) bond motifs is 4. The minimum absolute atomic E-state index is 0.149. The van der Waals surface area contributed by atoms with Crippen LogP contribution in [-0.2, 0) is 0 Å². The average Bonchev–Trinajstić information content (AvgIpc) is 3.46. The maximum atomic E-state index is 13.5. The molecular formula is C26H28N4O. The number of piperazine rings is 1. The van der Waals surface area contributed by atoms with Gasteiger partial charge in [-0.15, -0.1) is 0 Å². The van der Waals surface area contributed by atoms with Gasteiger partial charge in [-0.2, -0.15) is 0 Å². The molecule has 1 amide bonds. The van der Waals surface area contributed by atoms with Crippen molar-refractivity contribution in [2.24, 2.45) is 5.92 Å². The lowest BCUT2D eigenvalue weighted by Gasteiger charge is -2.39. The Hall–Kier alpha value is -3.05. The van der Waals surface area contributed by atoms with Crippen LogP contribution in [-0.4, -0.2) is 53.9 Å². The zero-order valence-corrected chi connectivity index (χ0v) is 17.8. The second-order valence-electron chi connectivity index (χ2n) is 9.13. The predicted molar refractivity (Wildman–Crippen MR) is 124 cm³/mol. The molecule has 2 aliphatic heterocycles. The second kappa shape index (κ2) is 7.27. The van der Waals surface area contributed by atoms with Gasteiger partial charge in [0.25, 0.3) is 5.91 Å². The molecule has 2 N–H and O–H groups in total. The quantitative estimate of drug-likeness (QED) is 0.614. The average molecular weight is 413 g/mol. The number of benzene rings is 2.